The van der Waals surface area contributed by atoms with Gasteiger partial charge in [-0.15, -0.1) is 0 Å². The normalized spacial score (nSPS) is 18.1. The van der Waals surface area contributed by atoms with Crippen molar-refractivity contribution in [3.05, 3.63) is 12.2 Å². The molecule has 0 aliphatic heterocycles. The van der Waals surface area contributed by atoms with Crippen LogP contribution in [0.1, 0.15) is 19.3 Å². The van der Waals surface area contributed by atoms with Crippen molar-refractivity contribution in [2.45, 2.75) is 25.4 Å². The van der Waals surface area contributed by atoms with Crippen molar-refractivity contribution < 1.29 is 19.5 Å². The van der Waals surface area contributed by atoms with Crippen LogP contribution >= 0.6 is 0 Å². The summed E-state index contributed by atoms with van der Waals surface area (Å²) in [4.78, 5) is 10.8. The molecule has 1 atom stereocenters. The van der Waals surface area contributed by atoms with Crippen molar-refractivity contribution in [2.75, 3.05) is 13.7 Å². The first-order valence-corrected chi connectivity index (χ1v) is 5.30. The van der Waals surface area contributed by atoms with Crippen molar-refractivity contribution in [1.82, 2.24) is 0 Å². The minimum Gasteiger partial charge on any atom is -0.466 e. The Morgan fingerprint density at radius 1 is 1.62 bits per heavy atom. The van der Waals surface area contributed by atoms with Gasteiger partial charge in [-0.2, -0.15) is 0 Å². The topological polar surface area (TPSA) is 68.1 Å². The summed E-state index contributed by atoms with van der Waals surface area (Å²) in [5.74, 6) is 0.209. The van der Waals surface area contributed by atoms with E-state index in [2.05, 4.69) is 9.89 Å². The van der Waals surface area contributed by atoms with Gasteiger partial charge < -0.3 is 14.7 Å². The van der Waals surface area contributed by atoms with Gasteiger partial charge in [0.1, 0.15) is 0 Å². The van der Waals surface area contributed by atoms with Crippen LogP contribution in [-0.4, -0.2) is 37.2 Å². The Labute approximate surface area is 94.7 Å². The van der Waals surface area contributed by atoms with E-state index >= 15 is 0 Å². The lowest BCUT2D eigenvalue weighted by atomic mass is 10.1. The molecule has 1 unspecified atom stereocenters. The zero-order valence-electron chi connectivity index (χ0n) is 9.33. The van der Waals surface area contributed by atoms with E-state index in [1.807, 2.05) is 0 Å². The summed E-state index contributed by atoms with van der Waals surface area (Å²) in [5.41, 5.74) is 0. The Morgan fingerprint density at radius 3 is 2.94 bits per heavy atom. The highest BCUT2D eigenvalue weighted by molar-refractivity contribution is 5.81. The summed E-state index contributed by atoms with van der Waals surface area (Å²) in [6.45, 7) is 0.295. The fourth-order valence-electron chi connectivity index (χ4n) is 1.43. The average molecular weight is 227 g/mol. The number of carbonyl (C=O) groups is 1. The van der Waals surface area contributed by atoms with Gasteiger partial charge >= 0.3 is 5.97 Å². The van der Waals surface area contributed by atoms with Crippen LogP contribution < -0.4 is 0 Å². The van der Waals surface area contributed by atoms with Crippen LogP contribution in [0.2, 0.25) is 0 Å². The van der Waals surface area contributed by atoms with Crippen molar-refractivity contribution in [2.24, 2.45) is 11.1 Å². The number of carbonyl (C=O) groups excluding carboxylic acids is 1. The summed E-state index contributed by atoms with van der Waals surface area (Å²) in [6.07, 6.45) is 7.56. The van der Waals surface area contributed by atoms with Crippen LogP contribution in [0.15, 0.2) is 17.3 Å². The molecule has 0 radical (unpaired) electrons. The molecule has 1 aliphatic carbocycles. The average Bonchev–Trinajstić information content (AvgIpc) is 3.11. The van der Waals surface area contributed by atoms with E-state index in [9.17, 15) is 4.79 Å². The smallest absolute Gasteiger partial charge is 0.330 e. The fourth-order valence-corrected chi connectivity index (χ4v) is 1.43. The molecule has 5 heteroatoms. The summed E-state index contributed by atoms with van der Waals surface area (Å²) in [7, 11) is 1.35. The second-order valence-electron chi connectivity index (χ2n) is 3.67. The van der Waals surface area contributed by atoms with Crippen molar-refractivity contribution in [3.8, 4) is 0 Å². The zero-order valence-corrected chi connectivity index (χ0v) is 9.33. The van der Waals surface area contributed by atoms with Gasteiger partial charge in [0.25, 0.3) is 0 Å². The van der Waals surface area contributed by atoms with E-state index in [0.717, 1.165) is 12.8 Å². The minimum atomic E-state index is -0.355. The standard InChI is InChI=1S/C11H17NO4/c1-15-11(13)4-2-3-10(9-5-6-9)16-8-7-12-14/h2,4,7,9-10,14H,3,5-6,8H2,1H3/b4-2+,12-7?. The first-order valence-electron chi connectivity index (χ1n) is 5.30. The molecule has 0 spiro atoms. The van der Waals surface area contributed by atoms with Crippen LogP contribution in [-0.2, 0) is 14.3 Å². The molecule has 0 aromatic rings. The Morgan fingerprint density at radius 2 is 2.38 bits per heavy atom. The van der Waals surface area contributed by atoms with Gasteiger partial charge in [-0.25, -0.2) is 4.79 Å². The van der Waals surface area contributed by atoms with E-state index in [1.165, 1.54) is 19.4 Å². The van der Waals surface area contributed by atoms with Gasteiger partial charge in [0, 0.05) is 6.08 Å². The Balaban J connectivity index is 2.27. The highest BCUT2D eigenvalue weighted by Crippen LogP contribution is 2.35. The lowest BCUT2D eigenvalue weighted by Gasteiger charge is -2.13. The summed E-state index contributed by atoms with van der Waals surface area (Å²) >= 11 is 0. The predicted octanol–water partition coefficient (Wildman–Crippen LogP) is 1.36. The van der Waals surface area contributed by atoms with Gasteiger partial charge in [0.15, 0.2) is 0 Å². The molecular weight excluding hydrogens is 210 g/mol. The molecule has 1 fully saturated rings. The molecule has 16 heavy (non-hydrogen) atoms. The molecule has 0 aromatic heterocycles. The maximum absolute atomic E-state index is 10.8. The maximum Gasteiger partial charge on any atom is 0.330 e. The molecule has 1 aliphatic rings. The zero-order chi connectivity index (χ0) is 11.8. The van der Waals surface area contributed by atoms with Gasteiger partial charge in [-0.1, -0.05) is 11.2 Å². The fraction of sp³-hybridized carbons (Fsp3) is 0.636. The summed E-state index contributed by atoms with van der Waals surface area (Å²) in [6, 6.07) is 0. The van der Waals surface area contributed by atoms with Crippen molar-refractivity contribution in [1.29, 1.82) is 0 Å². The highest BCUT2D eigenvalue weighted by atomic mass is 16.5. The number of rotatable bonds is 7. The lowest BCUT2D eigenvalue weighted by Crippen LogP contribution is -2.16. The van der Waals surface area contributed by atoms with Crippen LogP contribution in [0.5, 0.6) is 0 Å². The number of oxime groups is 1. The van der Waals surface area contributed by atoms with Gasteiger partial charge in [-0.05, 0) is 25.2 Å². The maximum atomic E-state index is 10.8. The number of esters is 1. The van der Waals surface area contributed by atoms with Crippen molar-refractivity contribution >= 4 is 12.2 Å². The van der Waals surface area contributed by atoms with Gasteiger partial charge in [-0.3, -0.25) is 0 Å². The molecular formula is C11H17NO4. The number of nitrogens with zero attached hydrogens (tertiary/aromatic N) is 1. The first kappa shape index (κ1) is 12.7. The summed E-state index contributed by atoms with van der Waals surface area (Å²) < 4.78 is 10.00. The third-order valence-corrected chi connectivity index (χ3v) is 2.44. The largest absolute Gasteiger partial charge is 0.466 e. The highest BCUT2D eigenvalue weighted by Gasteiger charge is 2.30. The Hall–Kier alpha value is -1.36. The van der Waals surface area contributed by atoms with Crippen LogP contribution in [0.25, 0.3) is 0 Å². The van der Waals surface area contributed by atoms with Gasteiger partial charge in [0.05, 0.1) is 26.0 Å². The van der Waals surface area contributed by atoms with E-state index in [4.69, 9.17) is 9.94 Å². The molecule has 1 saturated carbocycles. The third-order valence-electron chi connectivity index (χ3n) is 2.44. The monoisotopic (exact) mass is 227 g/mol. The molecule has 90 valence electrons. The number of hydrogen-bond acceptors (Lipinski definition) is 5. The molecule has 0 aromatic carbocycles. The van der Waals surface area contributed by atoms with Crippen LogP contribution in [0, 0.1) is 5.92 Å². The number of methoxy groups -OCH3 is 1. The molecule has 0 heterocycles. The molecule has 1 rings (SSSR count). The number of hydrogen-bond donors (Lipinski definition) is 1. The molecule has 0 saturated heterocycles. The SMILES string of the molecule is COC(=O)/C=C/CC(OCC=NO)C1CC1. The van der Waals surface area contributed by atoms with E-state index in [1.54, 1.807) is 6.08 Å². The lowest BCUT2D eigenvalue weighted by molar-refractivity contribution is -0.134. The van der Waals surface area contributed by atoms with Crippen molar-refractivity contribution in [3.63, 3.8) is 0 Å². The van der Waals surface area contributed by atoms with E-state index < -0.39 is 0 Å². The molecule has 0 amide bonds. The second kappa shape index (κ2) is 7.00. The van der Waals surface area contributed by atoms with Crippen LogP contribution in [0.4, 0.5) is 0 Å². The minimum absolute atomic E-state index is 0.0962. The second-order valence-corrected chi connectivity index (χ2v) is 3.67. The van der Waals surface area contributed by atoms with Gasteiger partial charge in [0.2, 0.25) is 0 Å². The Bertz CT molecular complexity index is 271. The molecule has 1 N–H and O–H groups in total. The predicted molar refractivity (Wildman–Crippen MR) is 58.5 cm³/mol. The van der Waals surface area contributed by atoms with Crippen LogP contribution in [0.3, 0.4) is 0 Å². The molecule has 0 bridgehead atoms. The first-order chi connectivity index (χ1) is 7.77. The number of ether oxygens (including phenoxy) is 2. The molecule has 5 nitrogen and oxygen atoms in total. The van der Waals surface area contributed by atoms with E-state index in [-0.39, 0.29) is 12.1 Å². The summed E-state index contributed by atoms with van der Waals surface area (Å²) in [5, 5.41) is 11.1. The Kier molecular flexibility index (Phi) is 5.56. The third kappa shape index (κ3) is 4.93. The quantitative estimate of drug-likeness (QED) is 0.234. The van der Waals surface area contributed by atoms with E-state index in [0.29, 0.717) is 18.9 Å².